The molecule has 1 aromatic carbocycles. The van der Waals surface area contributed by atoms with Gasteiger partial charge in [0.2, 0.25) is 0 Å². The molecule has 0 unspecified atom stereocenters. The van der Waals surface area contributed by atoms with E-state index in [0.717, 1.165) is 18.0 Å². The van der Waals surface area contributed by atoms with Gasteiger partial charge in [0.15, 0.2) is 0 Å². The number of halogens is 3. The molecule has 6 heteroatoms. The van der Waals surface area contributed by atoms with Gasteiger partial charge in [0, 0.05) is 6.20 Å². The molecular weight excluding hydrogens is 245 g/mol. The maximum Gasteiger partial charge on any atom is 0.454 e. The van der Waals surface area contributed by atoms with Crippen LogP contribution < -0.4 is 0 Å². The minimum atomic E-state index is -4.86. The van der Waals surface area contributed by atoms with Crippen molar-refractivity contribution in [2.45, 2.75) is 12.7 Å². The number of aromatic nitrogens is 2. The van der Waals surface area contributed by atoms with Crippen molar-refractivity contribution in [2.75, 3.05) is 0 Å². The van der Waals surface area contributed by atoms with Crippen molar-refractivity contribution in [3.63, 3.8) is 0 Å². The van der Waals surface area contributed by atoms with Crippen molar-refractivity contribution in [1.29, 1.82) is 0 Å². The minimum Gasteiger partial charge on any atom is -0.284 e. The molecule has 0 bridgehead atoms. The first-order valence-electron chi connectivity index (χ1n) is 5.15. The average molecular weight is 254 g/mol. The van der Waals surface area contributed by atoms with Crippen LogP contribution in [0.25, 0.3) is 0 Å². The Kier molecular flexibility index (Phi) is 3.18. The standard InChI is InChI=1S/C12H9F3N2O/c13-12(14,15)11(18)10-6-16-17(8-10)7-9-4-2-1-3-5-9/h1-6,8H,7H2. The molecule has 0 saturated carbocycles. The number of nitrogens with zero attached hydrogens (tertiary/aromatic N) is 2. The van der Waals surface area contributed by atoms with Gasteiger partial charge in [-0.15, -0.1) is 0 Å². The number of carbonyl (C=O) groups is 1. The van der Waals surface area contributed by atoms with Crippen LogP contribution in [0.4, 0.5) is 13.2 Å². The lowest BCUT2D eigenvalue weighted by molar-refractivity contribution is -0.0885. The molecule has 3 nitrogen and oxygen atoms in total. The van der Waals surface area contributed by atoms with E-state index in [1.165, 1.54) is 4.68 Å². The van der Waals surface area contributed by atoms with E-state index >= 15 is 0 Å². The summed E-state index contributed by atoms with van der Waals surface area (Å²) in [5.74, 6) is -1.87. The van der Waals surface area contributed by atoms with E-state index in [-0.39, 0.29) is 0 Å². The number of ketones is 1. The Morgan fingerprint density at radius 1 is 1.22 bits per heavy atom. The summed E-state index contributed by atoms with van der Waals surface area (Å²) in [6.45, 7) is 0.325. The first-order chi connectivity index (χ1) is 8.47. The molecule has 1 heterocycles. The maximum absolute atomic E-state index is 12.2. The lowest BCUT2D eigenvalue weighted by Crippen LogP contribution is -2.22. The zero-order valence-electron chi connectivity index (χ0n) is 9.19. The van der Waals surface area contributed by atoms with Crippen LogP contribution in [0.1, 0.15) is 15.9 Å². The Balaban J connectivity index is 2.14. The summed E-state index contributed by atoms with van der Waals surface area (Å²) in [5, 5.41) is 3.74. The van der Waals surface area contributed by atoms with Crippen LogP contribution in [0.2, 0.25) is 0 Å². The number of Topliss-reactive ketones (excluding diaryl/α,β-unsaturated/α-hetero) is 1. The molecule has 0 spiro atoms. The first-order valence-corrected chi connectivity index (χ1v) is 5.15. The van der Waals surface area contributed by atoms with Gasteiger partial charge < -0.3 is 0 Å². The Morgan fingerprint density at radius 3 is 2.50 bits per heavy atom. The third-order valence-electron chi connectivity index (χ3n) is 2.34. The van der Waals surface area contributed by atoms with Gasteiger partial charge in [0.1, 0.15) is 0 Å². The zero-order chi connectivity index (χ0) is 13.2. The number of carbonyl (C=O) groups excluding carboxylic acids is 1. The normalized spacial score (nSPS) is 11.5. The summed E-state index contributed by atoms with van der Waals surface area (Å²) in [4.78, 5) is 11.0. The van der Waals surface area contributed by atoms with Crippen LogP contribution in [-0.2, 0) is 6.54 Å². The fourth-order valence-electron chi connectivity index (χ4n) is 1.50. The highest BCUT2D eigenvalue weighted by Crippen LogP contribution is 2.21. The third kappa shape index (κ3) is 2.77. The van der Waals surface area contributed by atoms with Gasteiger partial charge in [-0.1, -0.05) is 30.3 Å². The average Bonchev–Trinajstić information content (AvgIpc) is 2.76. The van der Waals surface area contributed by atoms with Gasteiger partial charge in [0.05, 0.1) is 18.3 Å². The fraction of sp³-hybridized carbons (Fsp3) is 0.167. The number of benzene rings is 1. The van der Waals surface area contributed by atoms with Crippen LogP contribution in [-0.4, -0.2) is 21.7 Å². The van der Waals surface area contributed by atoms with Crippen molar-refractivity contribution in [3.05, 3.63) is 53.9 Å². The molecule has 2 aromatic rings. The molecule has 0 aliphatic carbocycles. The molecule has 0 radical (unpaired) electrons. The largest absolute Gasteiger partial charge is 0.454 e. The van der Waals surface area contributed by atoms with Crippen LogP contribution in [0.15, 0.2) is 42.7 Å². The molecule has 0 fully saturated rings. The van der Waals surface area contributed by atoms with Crippen molar-refractivity contribution in [2.24, 2.45) is 0 Å². The second-order valence-corrected chi connectivity index (χ2v) is 3.74. The minimum absolute atomic E-state index is 0.325. The van der Waals surface area contributed by atoms with Gasteiger partial charge in [-0.2, -0.15) is 18.3 Å². The zero-order valence-corrected chi connectivity index (χ0v) is 9.19. The monoisotopic (exact) mass is 254 g/mol. The lowest BCUT2D eigenvalue weighted by Gasteiger charge is -2.02. The summed E-state index contributed by atoms with van der Waals surface area (Å²) in [6.07, 6.45) is -2.83. The lowest BCUT2D eigenvalue weighted by atomic mass is 10.2. The van der Waals surface area contributed by atoms with Crippen molar-refractivity contribution < 1.29 is 18.0 Å². The third-order valence-corrected chi connectivity index (χ3v) is 2.34. The highest BCUT2D eigenvalue weighted by molar-refractivity contribution is 5.99. The summed E-state index contributed by atoms with van der Waals surface area (Å²) < 4.78 is 37.9. The van der Waals surface area contributed by atoms with Gasteiger partial charge in [-0.3, -0.25) is 9.48 Å². The molecule has 1 aromatic heterocycles. The SMILES string of the molecule is O=C(c1cnn(Cc2ccccc2)c1)C(F)(F)F. The Morgan fingerprint density at radius 2 is 1.89 bits per heavy atom. The molecule has 0 N–H and O–H groups in total. The van der Waals surface area contributed by atoms with Gasteiger partial charge in [-0.05, 0) is 5.56 Å². The second kappa shape index (κ2) is 4.64. The Bertz CT molecular complexity index is 546. The molecule has 2 rings (SSSR count). The topological polar surface area (TPSA) is 34.9 Å². The molecule has 0 amide bonds. The molecule has 0 aliphatic rings. The quantitative estimate of drug-likeness (QED) is 0.789. The van der Waals surface area contributed by atoms with E-state index < -0.39 is 17.5 Å². The summed E-state index contributed by atoms with van der Waals surface area (Å²) in [6, 6.07) is 9.13. The van der Waals surface area contributed by atoms with E-state index in [4.69, 9.17) is 0 Å². The van der Waals surface area contributed by atoms with E-state index in [2.05, 4.69) is 5.10 Å². The first kappa shape index (κ1) is 12.3. The van der Waals surface area contributed by atoms with E-state index in [1.807, 2.05) is 30.3 Å². The smallest absolute Gasteiger partial charge is 0.284 e. The fourth-order valence-corrected chi connectivity index (χ4v) is 1.50. The van der Waals surface area contributed by atoms with Crippen LogP contribution in [0.3, 0.4) is 0 Å². The second-order valence-electron chi connectivity index (χ2n) is 3.74. The predicted octanol–water partition coefficient (Wildman–Crippen LogP) is 2.68. The van der Waals surface area contributed by atoms with Crippen LogP contribution in [0.5, 0.6) is 0 Å². The van der Waals surface area contributed by atoms with Crippen molar-refractivity contribution in [3.8, 4) is 0 Å². The number of hydrogen-bond donors (Lipinski definition) is 0. The number of rotatable bonds is 3. The molecular formula is C12H9F3N2O. The van der Waals surface area contributed by atoms with Crippen molar-refractivity contribution >= 4 is 5.78 Å². The predicted molar refractivity (Wildman–Crippen MR) is 58.2 cm³/mol. The maximum atomic E-state index is 12.2. The van der Waals surface area contributed by atoms with Crippen LogP contribution >= 0.6 is 0 Å². The van der Waals surface area contributed by atoms with E-state index in [0.29, 0.717) is 6.54 Å². The van der Waals surface area contributed by atoms with E-state index in [9.17, 15) is 18.0 Å². The van der Waals surface area contributed by atoms with Crippen LogP contribution in [0, 0.1) is 0 Å². The van der Waals surface area contributed by atoms with E-state index in [1.54, 1.807) is 0 Å². The van der Waals surface area contributed by atoms with Gasteiger partial charge in [-0.25, -0.2) is 0 Å². The summed E-state index contributed by atoms with van der Waals surface area (Å²) in [5.41, 5.74) is 0.449. The summed E-state index contributed by atoms with van der Waals surface area (Å²) >= 11 is 0. The molecule has 0 aliphatic heterocycles. The Hall–Kier alpha value is -2.11. The molecule has 18 heavy (non-hydrogen) atoms. The molecule has 0 atom stereocenters. The highest BCUT2D eigenvalue weighted by Gasteiger charge is 2.39. The summed E-state index contributed by atoms with van der Waals surface area (Å²) in [7, 11) is 0. The number of hydrogen-bond acceptors (Lipinski definition) is 2. The van der Waals surface area contributed by atoms with Gasteiger partial charge in [0.25, 0.3) is 5.78 Å². The Labute approximate surface area is 101 Å². The molecule has 0 saturated heterocycles. The highest BCUT2D eigenvalue weighted by atomic mass is 19.4. The van der Waals surface area contributed by atoms with Crippen molar-refractivity contribution in [1.82, 2.24) is 9.78 Å². The number of alkyl halides is 3. The molecule has 94 valence electrons. The van der Waals surface area contributed by atoms with Gasteiger partial charge >= 0.3 is 6.18 Å².